The van der Waals surface area contributed by atoms with Gasteiger partial charge in [-0.15, -0.1) is 23.1 Å². The van der Waals surface area contributed by atoms with Crippen LogP contribution in [0.5, 0.6) is 0 Å². The van der Waals surface area contributed by atoms with Gasteiger partial charge in [0.05, 0.1) is 17.4 Å². The zero-order valence-corrected chi connectivity index (χ0v) is 18.7. The first kappa shape index (κ1) is 21.5. The molecule has 3 aromatic rings. The summed E-state index contributed by atoms with van der Waals surface area (Å²) in [7, 11) is 0. The van der Waals surface area contributed by atoms with E-state index in [2.05, 4.69) is 15.6 Å². The Hall–Kier alpha value is -2.68. The molecular formula is C23H23N3O3S2. The number of aromatic nitrogens is 1. The normalized spacial score (nSPS) is 15.6. The first-order chi connectivity index (χ1) is 15.1. The van der Waals surface area contributed by atoms with Crippen LogP contribution >= 0.6 is 23.1 Å². The van der Waals surface area contributed by atoms with Crippen LogP contribution in [0.1, 0.15) is 30.1 Å². The monoisotopic (exact) mass is 453 g/mol. The van der Waals surface area contributed by atoms with E-state index in [0.717, 1.165) is 47.0 Å². The molecule has 2 amide bonds. The third-order valence-electron chi connectivity index (χ3n) is 4.81. The number of amides is 2. The van der Waals surface area contributed by atoms with Crippen LogP contribution in [0.15, 0.2) is 58.8 Å². The zero-order valence-electron chi connectivity index (χ0n) is 17.1. The first-order valence-corrected chi connectivity index (χ1v) is 11.9. The quantitative estimate of drug-likeness (QED) is 0.475. The van der Waals surface area contributed by atoms with E-state index in [0.29, 0.717) is 10.7 Å². The molecule has 8 heteroatoms. The van der Waals surface area contributed by atoms with Crippen molar-refractivity contribution in [1.29, 1.82) is 0 Å². The molecule has 6 nitrogen and oxygen atoms in total. The minimum atomic E-state index is -0.169. The largest absolute Gasteiger partial charge is 0.377 e. The number of nitrogens with zero attached hydrogens (tertiary/aromatic N) is 1. The van der Waals surface area contributed by atoms with Crippen LogP contribution in [0, 0.1) is 0 Å². The first-order valence-electron chi connectivity index (χ1n) is 10.1. The average Bonchev–Trinajstić information content (AvgIpc) is 3.45. The van der Waals surface area contributed by atoms with Gasteiger partial charge < -0.3 is 10.1 Å². The molecule has 1 fully saturated rings. The highest BCUT2D eigenvalue weighted by molar-refractivity contribution is 7.99. The number of rotatable bonds is 7. The Kier molecular flexibility index (Phi) is 7.01. The summed E-state index contributed by atoms with van der Waals surface area (Å²) in [6.45, 7) is 2.30. The minimum Gasteiger partial charge on any atom is -0.377 e. The molecule has 1 aliphatic heterocycles. The topological polar surface area (TPSA) is 80.3 Å². The van der Waals surface area contributed by atoms with Crippen LogP contribution in [0.4, 0.5) is 10.8 Å². The third kappa shape index (κ3) is 5.72. The van der Waals surface area contributed by atoms with Crippen molar-refractivity contribution in [3.8, 4) is 11.3 Å². The smallest absolute Gasteiger partial charge is 0.258 e. The molecule has 1 atom stereocenters. The van der Waals surface area contributed by atoms with Crippen molar-refractivity contribution in [2.24, 2.45) is 0 Å². The SMILES string of the molecule is CC(=O)Nc1ccc(-c2csc(NC(=O)c3ccccc3SCC3CCCO3)n2)cc1. The fourth-order valence-electron chi connectivity index (χ4n) is 3.29. The molecule has 2 aromatic carbocycles. The van der Waals surface area contributed by atoms with E-state index in [4.69, 9.17) is 4.74 Å². The maximum absolute atomic E-state index is 12.9. The summed E-state index contributed by atoms with van der Waals surface area (Å²) < 4.78 is 5.69. The van der Waals surface area contributed by atoms with E-state index in [1.165, 1.54) is 18.3 Å². The van der Waals surface area contributed by atoms with E-state index in [1.807, 2.05) is 53.9 Å². The van der Waals surface area contributed by atoms with Crippen LogP contribution in [0.3, 0.4) is 0 Å². The van der Waals surface area contributed by atoms with E-state index < -0.39 is 0 Å². The Morgan fingerprint density at radius 1 is 1.16 bits per heavy atom. The molecule has 2 N–H and O–H groups in total. The summed E-state index contributed by atoms with van der Waals surface area (Å²) in [5, 5.41) is 8.11. The second-order valence-corrected chi connectivity index (χ2v) is 9.11. The van der Waals surface area contributed by atoms with Crippen molar-refractivity contribution in [2.75, 3.05) is 23.0 Å². The molecule has 1 unspecified atom stereocenters. The van der Waals surface area contributed by atoms with Gasteiger partial charge in [0, 0.05) is 40.8 Å². The fraction of sp³-hybridized carbons (Fsp3) is 0.261. The van der Waals surface area contributed by atoms with Gasteiger partial charge in [-0.2, -0.15) is 0 Å². The van der Waals surface area contributed by atoms with Crippen molar-refractivity contribution in [2.45, 2.75) is 30.8 Å². The molecule has 4 rings (SSSR count). The molecule has 160 valence electrons. The predicted octanol–water partition coefficient (Wildman–Crippen LogP) is 5.29. The van der Waals surface area contributed by atoms with Crippen LogP contribution in [-0.2, 0) is 9.53 Å². The maximum Gasteiger partial charge on any atom is 0.258 e. The minimum absolute atomic E-state index is 0.111. The number of hydrogen-bond donors (Lipinski definition) is 2. The van der Waals surface area contributed by atoms with Gasteiger partial charge in [0.2, 0.25) is 5.91 Å². The molecule has 1 saturated heterocycles. The second-order valence-electron chi connectivity index (χ2n) is 7.19. The molecule has 0 aliphatic carbocycles. The summed E-state index contributed by atoms with van der Waals surface area (Å²) in [6.07, 6.45) is 2.45. The molecule has 0 radical (unpaired) electrons. The number of nitrogens with one attached hydrogen (secondary N) is 2. The summed E-state index contributed by atoms with van der Waals surface area (Å²) in [4.78, 5) is 29.5. The van der Waals surface area contributed by atoms with Gasteiger partial charge in [-0.25, -0.2) is 4.98 Å². The highest BCUT2D eigenvalue weighted by atomic mass is 32.2. The summed E-state index contributed by atoms with van der Waals surface area (Å²) >= 11 is 3.04. The molecule has 1 aromatic heterocycles. The Morgan fingerprint density at radius 2 is 1.97 bits per heavy atom. The number of benzene rings is 2. The molecule has 0 saturated carbocycles. The number of carbonyl (C=O) groups excluding carboxylic acids is 2. The van der Waals surface area contributed by atoms with Gasteiger partial charge in [0.25, 0.3) is 5.91 Å². The van der Waals surface area contributed by atoms with Crippen molar-refractivity contribution in [3.63, 3.8) is 0 Å². The van der Waals surface area contributed by atoms with E-state index in [1.54, 1.807) is 11.8 Å². The zero-order chi connectivity index (χ0) is 21.6. The second kappa shape index (κ2) is 10.1. The number of hydrogen-bond acceptors (Lipinski definition) is 6. The Bertz CT molecular complexity index is 1060. The number of thioether (sulfide) groups is 1. The Balaban J connectivity index is 1.41. The van der Waals surface area contributed by atoms with Crippen molar-refractivity contribution >= 4 is 45.7 Å². The van der Waals surface area contributed by atoms with Gasteiger partial charge >= 0.3 is 0 Å². The fourth-order valence-corrected chi connectivity index (χ4v) is 5.13. The Labute approximate surface area is 189 Å². The molecule has 1 aliphatic rings. The van der Waals surface area contributed by atoms with Crippen LogP contribution in [0.2, 0.25) is 0 Å². The lowest BCUT2D eigenvalue weighted by Gasteiger charge is -2.11. The molecule has 31 heavy (non-hydrogen) atoms. The summed E-state index contributed by atoms with van der Waals surface area (Å²) in [5.41, 5.74) is 3.06. The van der Waals surface area contributed by atoms with Gasteiger partial charge in [-0.3, -0.25) is 14.9 Å². The lowest BCUT2D eigenvalue weighted by atomic mass is 10.1. The van der Waals surface area contributed by atoms with Gasteiger partial charge in [0.1, 0.15) is 0 Å². The van der Waals surface area contributed by atoms with Gasteiger partial charge in [-0.05, 0) is 37.1 Å². The molecule has 0 bridgehead atoms. The summed E-state index contributed by atoms with van der Waals surface area (Å²) in [6, 6.07) is 15.1. The number of anilines is 2. The van der Waals surface area contributed by atoms with Crippen molar-refractivity contribution in [3.05, 3.63) is 59.5 Å². The van der Waals surface area contributed by atoms with Gasteiger partial charge in [-0.1, -0.05) is 24.3 Å². The van der Waals surface area contributed by atoms with Crippen LogP contribution in [-0.4, -0.2) is 35.3 Å². The Morgan fingerprint density at radius 3 is 2.71 bits per heavy atom. The van der Waals surface area contributed by atoms with Crippen molar-refractivity contribution in [1.82, 2.24) is 4.98 Å². The van der Waals surface area contributed by atoms with E-state index in [-0.39, 0.29) is 17.9 Å². The lowest BCUT2D eigenvalue weighted by Crippen LogP contribution is -2.14. The van der Waals surface area contributed by atoms with Crippen LogP contribution < -0.4 is 10.6 Å². The highest BCUT2D eigenvalue weighted by Crippen LogP contribution is 2.29. The molecule has 0 spiro atoms. The van der Waals surface area contributed by atoms with Crippen LogP contribution in [0.25, 0.3) is 11.3 Å². The predicted molar refractivity (Wildman–Crippen MR) is 126 cm³/mol. The highest BCUT2D eigenvalue weighted by Gasteiger charge is 2.18. The molecular weight excluding hydrogens is 430 g/mol. The number of ether oxygens (including phenoxy) is 1. The van der Waals surface area contributed by atoms with Crippen molar-refractivity contribution < 1.29 is 14.3 Å². The van der Waals surface area contributed by atoms with Gasteiger partial charge in [0.15, 0.2) is 5.13 Å². The average molecular weight is 454 g/mol. The standard InChI is InChI=1S/C23H23N3O3S2/c1-15(27)24-17-10-8-16(9-11-17)20-14-31-23(25-20)26-22(28)19-6-2-3-7-21(19)30-13-18-5-4-12-29-18/h2-3,6-11,14,18H,4-5,12-13H2,1H3,(H,24,27)(H,25,26,28). The summed E-state index contributed by atoms with van der Waals surface area (Å²) in [5.74, 6) is 0.568. The molecule has 2 heterocycles. The lowest BCUT2D eigenvalue weighted by molar-refractivity contribution is -0.114. The van der Waals surface area contributed by atoms with E-state index >= 15 is 0 Å². The number of thiazole rings is 1. The maximum atomic E-state index is 12.9. The number of carbonyl (C=O) groups is 2. The van der Waals surface area contributed by atoms with E-state index in [9.17, 15) is 9.59 Å². The third-order valence-corrected chi connectivity index (χ3v) is 6.77.